The molecule has 17 heavy (non-hydrogen) atoms. The van der Waals surface area contributed by atoms with Gasteiger partial charge < -0.3 is 5.32 Å². The van der Waals surface area contributed by atoms with Crippen LogP contribution in [-0.4, -0.2) is 21.5 Å². The zero-order valence-electron chi connectivity index (χ0n) is 9.63. The molecule has 0 aliphatic rings. The Morgan fingerprint density at radius 2 is 2.18 bits per heavy atom. The summed E-state index contributed by atoms with van der Waals surface area (Å²) in [6, 6.07) is 5.93. The Morgan fingerprint density at radius 1 is 1.24 bits per heavy atom. The third-order valence-corrected chi connectivity index (χ3v) is 2.88. The van der Waals surface area contributed by atoms with Gasteiger partial charge in [-0.2, -0.15) is 0 Å². The summed E-state index contributed by atoms with van der Waals surface area (Å²) in [6.07, 6.45) is 6.17. The highest BCUT2D eigenvalue weighted by atomic mass is 32.2. The summed E-state index contributed by atoms with van der Waals surface area (Å²) in [7, 11) is 0. The van der Waals surface area contributed by atoms with E-state index in [-0.39, 0.29) is 0 Å². The van der Waals surface area contributed by atoms with E-state index in [9.17, 15) is 0 Å². The smallest absolute Gasteiger partial charge is 0.127 e. The zero-order chi connectivity index (χ0) is 11.9. The van der Waals surface area contributed by atoms with Gasteiger partial charge in [-0.3, -0.25) is 4.98 Å². The van der Waals surface area contributed by atoms with Gasteiger partial charge in [-0.1, -0.05) is 13.0 Å². The predicted octanol–water partition coefficient (Wildman–Crippen LogP) is 2.84. The van der Waals surface area contributed by atoms with Crippen LogP contribution in [0, 0.1) is 0 Å². The average Bonchev–Trinajstić information content (AvgIpc) is 2.38. The molecule has 4 nitrogen and oxygen atoms in total. The molecule has 0 saturated carbocycles. The molecule has 0 aliphatic heterocycles. The van der Waals surface area contributed by atoms with Crippen molar-refractivity contribution in [1.29, 1.82) is 0 Å². The Labute approximate surface area is 105 Å². The maximum Gasteiger partial charge on any atom is 0.127 e. The molecule has 0 unspecified atom stereocenters. The second kappa shape index (κ2) is 6.20. The minimum Gasteiger partial charge on any atom is -0.370 e. The molecule has 2 heterocycles. The SMILES string of the molecule is CCCNc1cccc(Sc2cnccn2)n1. The van der Waals surface area contributed by atoms with Gasteiger partial charge in [-0.15, -0.1) is 0 Å². The van der Waals surface area contributed by atoms with Crippen LogP contribution in [-0.2, 0) is 0 Å². The molecule has 2 aromatic heterocycles. The number of pyridine rings is 1. The van der Waals surface area contributed by atoms with Crippen LogP contribution in [0.5, 0.6) is 0 Å². The number of rotatable bonds is 5. The van der Waals surface area contributed by atoms with Crippen LogP contribution < -0.4 is 5.32 Å². The first-order valence-corrected chi connectivity index (χ1v) is 6.35. The highest BCUT2D eigenvalue weighted by molar-refractivity contribution is 7.99. The highest BCUT2D eigenvalue weighted by Gasteiger charge is 2.01. The summed E-state index contributed by atoms with van der Waals surface area (Å²) in [5.41, 5.74) is 0. The van der Waals surface area contributed by atoms with Crippen LogP contribution in [0.2, 0.25) is 0 Å². The molecule has 0 atom stereocenters. The number of hydrogen-bond donors (Lipinski definition) is 1. The van der Waals surface area contributed by atoms with Crippen LogP contribution in [0.1, 0.15) is 13.3 Å². The van der Waals surface area contributed by atoms with Gasteiger partial charge in [-0.05, 0) is 30.3 Å². The summed E-state index contributed by atoms with van der Waals surface area (Å²) >= 11 is 1.51. The van der Waals surface area contributed by atoms with Gasteiger partial charge in [0, 0.05) is 18.9 Å². The normalized spacial score (nSPS) is 10.2. The molecule has 0 amide bonds. The van der Waals surface area contributed by atoms with Crippen molar-refractivity contribution in [1.82, 2.24) is 15.0 Å². The van der Waals surface area contributed by atoms with E-state index >= 15 is 0 Å². The van der Waals surface area contributed by atoms with Crippen LogP contribution in [0.25, 0.3) is 0 Å². The lowest BCUT2D eigenvalue weighted by molar-refractivity contribution is 0.958. The lowest BCUT2D eigenvalue weighted by Crippen LogP contribution is -2.01. The molecular formula is C12H14N4S. The number of nitrogens with zero attached hydrogens (tertiary/aromatic N) is 3. The summed E-state index contributed by atoms with van der Waals surface area (Å²) in [4.78, 5) is 12.7. The van der Waals surface area contributed by atoms with Gasteiger partial charge in [-0.25, -0.2) is 9.97 Å². The van der Waals surface area contributed by atoms with E-state index in [1.807, 2.05) is 18.2 Å². The van der Waals surface area contributed by atoms with Crippen molar-refractivity contribution in [3.05, 3.63) is 36.8 Å². The van der Waals surface area contributed by atoms with E-state index < -0.39 is 0 Å². The van der Waals surface area contributed by atoms with E-state index in [0.29, 0.717) is 0 Å². The van der Waals surface area contributed by atoms with Crippen LogP contribution in [0.15, 0.2) is 46.8 Å². The number of aromatic nitrogens is 3. The quantitative estimate of drug-likeness (QED) is 0.879. The lowest BCUT2D eigenvalue weighted by atomic mass is 10.4. The fourth-order valence-corrected chi connectivity index (χ4v) is 2.00. The second-order valence-corrected chi connectivity index (χ2v) is 4.47. The van der Waals surface area contributed by atoms with Crippen molar-refractivity contribution in [3.63, 3.8) is 0 Å². The molecule has 0 aliphatic carbocycles. The lowest BCUT2D eigenvalue weighted by Gasteiger charge is -2.05. The van der Waals surface area contributed by atoms with Gasteiger partial charge in [0.15, 0.2) is 0 Å². The van der Waals surface area contributed by atoms with Gasteiger partial charge in [0.25, 0.3) is 0 Å². The Morgan fingerprint density at radius 3 is 2.94 bits per heavy atom. The van der Waals surface area contributed by atoms with Crippen LogP contribution in [0.4, 0.5) is 5.82 Å². The molecule has 5 heteroatoms. The number of hydrogen-bond acceptors (Lipinski definition) is 5. The fraction of sp³-hybridized carbons (Fsp3) is 0.250. The van der Waals surface area contributed by atoms with E-state index in [1.165, 1.54) is 11.8 Å². The Kier molecular flexibility index (Phi) is 4.32. The molecule has 0 spiro atoms. The Hall–Kier alpha value is -1.62. The molecule has 0 radical (unpaired) electrons. The van der Waals surface area contributed by atoms with Crippen molar-refractivity contribution >= 4 is 17.6 Å². The molecule has 2 aromatic rings. The molecule has 0 fully saturated rings. The molecule has 0 bridgehead atoms. The topological polar surface area (TPSA) is 50.7 Å². The summed E-state index contributed by atoms with van der Waals surface area (Å²) < 4.78 is 0. The minimum atomic E-state index is 0.854. The largest absolute Gasteiger partial charge is 0.370 e. The minimum absolute atomic E-state index is 0.854. The summed E-state index contributed by atoms with van der Waals surface area (Å²) in [5.74, 6) is 0.903. The standard InChI is InChI=1S/C12H14N4S/c1-2-6-14-10-4-3-5-11(16-10)17-12-9-13-7-8-15-12/h3-5,7-9H,2,6H2,1H3,(H,14,16). The van der Waals surface area contributed by atoms with Gasteiger partial charge in [0.05, 0.1) is 6.20 Å². The molecule has 0 saturated heterocycles. The third-order valence-electron chi connectivity index (χ3n) is 2.03. The fourth-order valence-electron chi connectivity index (χ4n) is 1.27. The van der Waals surface area contributed by atoms with Gasteiger partial charge in [0.1, 0.15) is 15.9 Å². The molecule has 2 rings (SSSR count). The van der Waals surface area contributed by atoms with E-state index in [0.717, 1.165) is 28.8 Å². The van der Waals surface area contributed by atoms with Gasteiger partial charge >= 0.3 is 0 Å². The monoisotopic (exact) mass is 246 g/mol. The third kappa shape index (κ3) is 3.71. The molecule has 88 valence electrons. The van der Waals surface area contributed by atoms with Crippen molar-refractivity contribution < 1.29 is 0 Å². The first-order valence-electron chi connectivity index (χ1n) is 5.53. The zero-order valence-corrected chi connectivity index (χ0v) is 10.4. The first-order chi connectivity index (χ1) is 8.38. The number of nitrogens with one attached hydrogen (secondary N) is 1. The van der Waals surface area contributed by atoms with E-state index in [2.05, 4.69) is 27.2 Å². The molecule has 1 N–H and O–H groups in total. The Bertz CT molecular complexity index is 461. The first kappa shape index (κ1) is 11.9. The second-order valence-electron chi connectivity index (χ2n) is 3.43. The summed E-state index contributed by atoms with van der Waals surface area (Å²) in [6.45, 7) is 3.07. The van der Waals surface area contributed by atoms with Crippen molar-refractivity contribution in [3.8, 4) is 0 Å². The van der Waals surface area contributed by atoms with Gasteiger partial charge in [0.2, 0.25) is 0 Å². The van der Waals surface area contributed by atoms with E-state index in [4.69, 9.17) is 0 Å². The average molecular weight is 246 g/mol. The number of anilines is 1. The van der Waals surface area contributed by atoms with Crippen molar-refractivity contribution in [2.45, 2.75) is 23.4 Å². The van der Waals surface area contributed by atoms with Crippen LogP contribution >= 0.6 is 11.8 Å². The predicted molar refractivity (Wildman–Crippen MR) is 69.2 cm³/mol. The summed E-state index contributed by atoms with van der Waals surface area (Å²) in [5, 5.41) is 5.04. The Balaban J connectivity index is 2.06. The van der Waals surface area contributed by atoms with Crippen molar-refractivity contribution in [2.75, 3.05) is 11.9 Å². The van der Waals surface area contributed by atoms with E-state index in [1.54, 1.807) is 18.6 Å². The molecular weight excluding hydrogens is 232 g/mol. The maximum absolute atomic E-state index is 4.49. The maximum atomic E-state index is 4.49. The van der Waals surface area contributed by atoms with Crippen molar-refractivity contribution in [2.24, 2.45) is 0 Å². The van der Waals surface area contributed by atoms with Crippen LogP contribution in [0.3, 0.4) is 0 Å². The highest BCUT2D eigenvalue weighted by Crippen LogP contribution is 2.23. The molecule has 0 aromatic carbocycles.